The number of aromatic nitrogens is 1. The Morgan fingerprint density at radius 3 is 2.32 bits per heavy atom. The number of hydrogen-bond donors (Lipinski definition) is 1. The summed E-state index contributed by atoms with van der Waals surface area (Å²) in [7, 11) is 0. The van der Waals surface area contributed by atoms with Gasteiger partial charge in [0.05, 0.1) is 18.7 Å². The Balaban J connectivity index is 1.22. The Morgan fingerprint density at radius 1 is 0.921 bits per heavy atom. The minimum Gasteiger partial charge on any atom is -0.494 e. The van der Waals surface area contributed by atoms with Gasteiger partial charge in [-0.15, -0.1) is 0 Å². The van der Waals surface area contributed by atoms with Gasteiger partial charge in [-0.3, -0.25) is 9.59 Å². The summed E-state index contributed by atoms with van der Waals surface area (Å²) in [5.41, 5.74) is 4.41. The molecule has 6 nitrogen and oxygen atoms in total. The molecular formula is C31H30FN3O3. The van der Waals surface area contributed by atoms with Crippen molar-refractivity contribution in [3.8, 4) is 17.0 Å². The highest BCUT2D eigenvalue weighted by molar-refractivity contribution is 5.95. The van der Waals surface area contributed by atoms with E-state index < -0.39 is 0 Å². The van der Waals surface area contributed by atoms with E-state index in [0.717, 1.165) is 39.0 Å². The van der Waals surface area contributed by atoms with Gasteiger partial charge in [-0.25, -0.2) is 4.39 Å². The number of piperazine rings is 1. The predicted molar refractivity (Wildman–Crippen MR) is 147 cm³/mol. The first-order chi connectivity index (χ1) is 18.5. The van der Waals surface area contributed by atoms with Crippen molar-refractivity contribution in [2.75, 3.05) is 32.8 Å². The summed E-state index contributed by atoms with van der Waals surface area (Å²) < 4.78 is 19.0. The first-order valence-electron chi connectivity index (χ1n) is 12.8. The average Bonchev–Trinajstić information content (AvgIpc) is 3.31. The van der Waals surface area contributed by atoms with Gasteiger partial charge in [0.2, 0.25) is 11.8 Å². The minimum absolute atomic E-state index is 0.00939. The topological polar surface area (TPSA) is 65.6 Å². The number of halogens is 1. The molecule has 5 rings (SSSR count). The molecule has 0 saturated carbocycles. The molecule has 0 unspecified atom stereocenters. The first kappa shape index (κ1) is 25.3. The SMILES string of the molecule is CCOc1ccc(/C=C/C(=O)N2CCN(C(=O)Cc3c(-c4ccc(F)cc4)[nH]c4ccccc34)CC2)cc1. The van der Waals surface area contributed by atoms with Crippen LogP contribution >= 0.6 is 0 Å². The van der Waals surface area contributed by atoms with Gasteiger partial charge in [0.15, 0.2) is 0 Å². The van der Waals surface area contributed by atoms with Crippen molar-refractivity contribution >= 4 is 28.8 Å². The summed E-state index contributed by atoms with van der Waals surface area (Å²) in [5.74, 6) is 0.440. The number of amides is 2. The molecule has 1 aromatic heterocycles. The van der Waals surface area contributed by atoms with E-state index in [2.05, 4.69) is 4.98 Å². The molecule has 0 radical (unpaired) electrons. The lowest BCUT2D eigenvalue weighted by atomic mass is 10.0. The van der Waals surface area contributed by atoms with Gasteiger partial charge in [0.1, 0.15) is 11.6 Å². The van der Waals surface area contributed by atoms with Gasteiger partial charge in [-0.05, 0) is 72.2 Å². The molecule has 2 heterocycles. The maximum atomic E-state index is 13.5. The van der Waals surface area contributed by atoms with E-state index in [1.165, 1.54) is 12.1 Å². The van der Waals surface area contributed by atoms with Crippen LogP contribution in [-0.4, -0.2) is 59.4 Å². The van der Waals surface area contributed by atoms with Crippen molar-refractivity contribution in [2.45, 2.75) is 13.3 Å². The Bertz CT molecular complexity index is 1450. The number of ether oxygens (including phenoxy) is 1. The van der Waals surface area contributed by atoms with Crippen LogP contribution in [0.2, 0.25) is 0 Å². The number of carbonyl (C=O) groups excluding carboxylic acids is 2. The average molecular weight is 512 g/mol. The third-order valence-corrected chi connectivity index (χ3v) is 6.83. The third-order valence-electron chi connectivity index (χ3n) is 6.83. The Morgan fingerprint density at radius 2 is 1.61 bits per heavy atom. The number of benzene rings is 3. The second-order valence-corrected chi connectivity index (χ2v) is 9.25. The smallest absolute Gasteiger partial charge is 0.246 e. The second kappa shape index (κ2) is 11.3. The molecule has 4 aromatic rings. The maximum Gasteiger partial charge on any atom is 0.246 e. The molecule has 1 saturated heterocycles. The van der Waals surface area contributed by atoms with E-state index in [9.17, 15) is 14.0 Å². The Labute approximate surface area is 221 Å². The van der Waals surface area contributed by atoms with Gasteiger partial charge in [0, 0.05) is 43.2 Å². The van der Waals surface area contributed by atoms with Gasteiger partial charge in [-0.1, -0.05) is 30.3 Å². The lowest BCUT2D eigenvalue weighted by molar-refractivity contribution is -0.136. The highest BCUT2D eigenvalue weighted by atomic mass is 19.1. The largest absolute Gasteiger partial charge is 0.494 e. The van der Waals surface area contributed by atoms with Crippen LogP contribution in [0.25, 0.3) is 28.2 Å². The maximum absolute atomic E-state index is 13.5. The number of nitrogens with zero attached hydrogens (tertiary/aromatic N) is 2. The fraction of sp³-hybridized carbons (Fsp3) is 0.226. The van der Waals surface area contributed by atoms with E-state index in [-0.39, 0.29) is 24.1 Å². The second-order valence-electron chi connectivity index (χ2n) is 9.25. The summed E-state index contributed by atoms with van der Waals surface area (Å²) in [6.45, 7) is 4.48. The number of H-pyrrole nitrogens is 1. The van der Waals surface area contributed by atoms with Crippen LogP contribution in [0.5, 0.6) is 5.75 Å². The zero-order chi connectivity index (χ0) is 26.5. The van der Waals surface area contributed by atoms with E-state index in [1.54, 1.807) is 29.2 Å². The molecule has 7 heteroatoms. The van der Waals surface area contributed by atoms with Crippen LogP contribution in [0, 0.1) is 5.82 Å². The highest BCUT2D eigenvalue weighted by Crippen LogP contribution is 2.31. The number of carbonyl (C=O) groups is 2. The number of para-hydroxylation sites is 1. The van der Waals surface area contributed by atoms with Gasteiger partial charge < -0.3 is 19.5 Å². The molecule has 194 valence electrons. The fourth-order valence-corrected chi connectivity index (χ4v) is 4.80. The quantitative estimate of drug-likeness (QED) is 0.343. The molecule has 38 heavy (non-hydrogen) atoms. The summed E-state index contributed by atoms with van der Waals surface area (Å²) in [4.78, 5) is 33.0. The zero-order valence-corrected chi connectivity index (χ0v) is 21.3. The summed E-state index contributed by atoms with van der Waals surface area (Å²) in [6.07, 6.45) is 3.60. The van der Waals surface area contributed by atoms with Crippen molar-refractivity contribution in [2.24, 2.45) is 0 Å². The molecule has 0 aliphatic carbocycles. The standard InChI is InChI=1S/C31H30FN3O3/c1-2-38-25-14-7-22(8-15-25)9-16-29(36)34-17-19-35(20-18-34)30(37)21-27-26-5-3-4-6-28(26)33-31(27)23-10-12-24(32)13-11-23/h3-16,33H,2,17-21H2,1H3/b16-9+. The van der Waals surface area contributed by atoms with E-state index in [4.69, 9.17) is 4.74 Å². The molecule has 2 amide bonds. The number of aromatic amines is 1. The van der Waals surface area contributed by atoms with Gasteiger partial charge in [0.25, 0.3) is 0 Å². The molecule has 3 aromatic carbocycles. The normalized spacial score (nSPS) is 13.8. The number of rotatable bonds is 7. The van der Waals surface area contributed by atoms with E-state index >= 15 is 0 Å². The van der Waals surface area contributed by atoms with Crippen molar-refractivity contribution in [3.63, 3.8) is 0 Å². The molecule has 0 bridgehead atoms. The lowest BCUT2D eigenvalue weighted by Gasteiger charge is -2.34. The molecule has 1 aliphatic rings. The minimum atomic E-state index is -0.302. The Hall–Kier alpha value is -4.39. The zero-order valence-electron chi connectivity index (χ0n) is 21.3. The van der Waals surface area contributed by atoms with Crippen LogP contribution in [0.4, 0.5) is 4.39 Å². The van der Waals surface area contributed by atoms with Crippen LogP contribution in [0.1, 0.15) is 18.1 Å². The van der Waals surface area contributed by atoms with Crippen LogP contribution < -0.4 is 4.74 Å². The molecule has 1 aliphatic heterocycles. The number of fused-ring (bicyclic) bond motifs is 1. The van der Waals surface area contributed by atoms with Crippen molar-refractivity contribution in [3.05, 3.63) is 95.8 Å². The van der Waals surface area contributed by atoms with E-state index in [0.29, 0.717) is 32.8 Å². The molecule has 0 atom stereocenters. The van der Waals surface area contributed by atoms with Gasteiger partial charge >= 0.3 is 0 Å². The van der Waals surface area contributed by atoms with Crippen molar-refractivity contribution in [1.29, 1.82) is 0 Å². The monoisotopic (exact) mass is 511 g/mol. The summed E-state index contributed by atoms with van der Waals surface area (Å²) in [6, 6.07) is 21.7. The van der Waals surface area contributed by atoms with Crippen LogP contribution in [0.3, 0.4) is 0 Å². The highest BCUT2D eigenvalue weighted by Gasteiger charge is 2.25. The summed E-state index contributed by atoms with van der Waals surface area (Å²) in [5, 5.41) is 0.980. The lowest BCUT2D eigenvalue weighted by Crippen LogP contribution is -2.50. The van der Waals surface area contributed by atoms with Crippen LogP contribution in [0.15, 0.2) is 78.9 Å². The molecule has 0 spiro atoms. The van der Waals surface area contributed by atoms with E-state index in [1.807, 2.05) is 60.4 Å². The fourth-order valence-electron chi connectivity index (χ4n) is 4.80. The molecular weight excluding hydrogens is 481 g/mol. The van der Waals surface area contributed by atoms with Crippen molar-refractivity contribution < 1.29 is 18.7 Å². The molecule has 1 N–H and O–H groups in total. The Kier molecular flexibility index (Phi) is 7.54. The van der Waals surface area contributed by atoms with Crippen LogP contribution in [-0.2, 0) is 16.0 Å². The number of hydrogen-bond acceptors (Lipinski definition) is 3. The third kappa shape index (κ3) is 5.62. The van der Waals surface area contributed by atoms with Gasteiger partial charge in [-0.2, -0.15) is 0 Å². The number of nitrogens with one attached hydrogen (secondary N) is 1. The summed E-state index contributed by atoms with van der Waals surface area (Å²) >= 11 is 0. The molecule has 1 fully saturated rings. The van der Waals surface area contributed by atoms with Crippen molar-refractivity contribution in [1.82, 2.24) is 14.8 Å². The predicted octanol–water partition coefficient (Wildman–Crippen LogP) is 5.30. The first-order valence-corrected chi connectivity index (χ1v) is 12.8.